The Morgan fingerprint density at radius 3 is 2.42 bits per heavy atom. The summed E-state index contributed by atoms with van der Waals surface area (Å²) >= 11 is 0. The van der Waals surface area contributed by atoms with Gasteiger partial charge in [-0.25, -0.2) is 0 Å². The van der Waals surface area contributed by atoms with E-state index in [-0.39, 0.29) is 11.7 Å². The van der Waals surface area contributed by atoms with Crippen LogP contribution in [0.5, 0.6) is 0 Å². The third-order valence-corrected chi connectivity index (χ3v) is 4.10. The Hall–Kier alpha value is -1.36. The highest BCUT2D eigenvalue weighted by Crippen LogP contribution is 2.39. The Morgan fingerprint density at radius 2 is 1.84 bits per heavy atom. The third-order valence-electron chi connectivity index (χ3n) is 4.10. The maximum Gasteiger partial charge on any atom is 0.416 e. The molecule has 3 heterocycles. The smallest absolute Gasteiger partial charge is 0.297 e. The zero-order chi connectivity index (χ0) is 13.6. The molecule has 2 bridgehead atoms. The van der Waals surface area contributed by atoms with E-state index in [1.807, 2.05) is 4.90 Å². The number of hydrogen-bond acceptors (Lipinski definition) is 2. The van der Waals surface area contributed by atoms with Crippen LogP contribution in [-0.2, 0) is 11.0 Å². The van der Waals surface area contributed by atoms with E-state index in [9.17, 15) is 18.0 Å². The van der Waals surface area contributed by atoms with Gasteiger partial charge in [0.2, 0.25) is 0 Å². The molecule has 3 fully saturated rings. The topological polar surface area (TPSA) is 20.3 Å². The van der Waals surface area contributed by atoms with E-state index in [0.29, 0.717) is 5.56 Å². The van der Waals surface area contributed by atoms with Crippen LogP contribution in [0.4, 0.5) is 13.2 Å². The summed E-state index contributed by atoms with van der Waals surface area (Å²) in [5, 5.41) is 0. The van der Waals surface area contributed by atoms with E-state index >= 15 is 0 Å². The van der Waals surface area contributed by atoms with Gasteiger partial charge in [0.25, 0.3) is 0 Å². The standard InChI is InChI=1S/C14H14F3NO/c15-14(16,17)11-3-1-2-10(8-11)12-13(19)9-4-6-18(12)7-5-9/h1-3,8-9,12H,4-7H2. The molecule has 1 atom stereocenters. The molecule has 0 radical (unpaired) electrons. The molecule has 0 aromatic heterocycles. The Labute approximate surface area is 109 Å². The minimum absolute atomic E-state index is 0.0320. The number of ketones is 1. The second-order valence-electron chi connectivity index (χ2n) is 5.24. The van der Waals surface area contributed by atoms with Gasteiger partial charge in [-0.1, -0.05) is 12.1 Å². The van der Waals surface area contributed by atoms with Gasteiger partial charge < -0.3 is 0 Å². The van der Waals surface area contributed by atoms with Crippen molar-refractivity contribution in [3.05, 3.63) is 35.4 Å². The number of hydrogen-bond donors (Lipinski definition) is 0. The van der Waals surface area contributed by atoms with Crippen molar-refractivity contribution in [2.75, 3.05) is 13.1 Å². The van der Waals surface area contributed by atoms with Gasteiger partial charge in [0, 0.05) is 5.92 Å². The molecular weight excluding hydrogens is 255 g/mol. The largest absolute Gasteiger partial charge is 0.416 e. The summed E-state index contributed by atoms with van der Waals surface area (Å²) in [5.41, 5.74) is -0.204. The molecule has 2 nitrogen and oxygen atoms in total. The predicted molar refractivity (Wildman–Crippen MR) is 63.5 cm³/mol. The van der Waals surface area contributed by atoms with Crippen LogP contribution < -0.4 is 0 Å². The Balaban J connectivity index is 1.96. The summed E-state index contributed by atoms with van der Waals surface area (Å²) in [6, 6.07) is 4.69. The van der Waals surface area contributed by atoms with Crippen LogP contribution in [0, 0.1) is 5.92 Å². The number of benzene rings is 1. The number of rotatable bonds is 1. The zero-order valence-corrected chi connectivity index (χ0v) is 10.3. The predicted octanol–water partition coefficient (Wildman–Crippen LogP) is 3.04. The normalized spacial score (nSPS) is 30.7. The molecule has 1 unspecified atom stereocenters. The van der Waals surface area contributed by atoms with Crippen molar-refractivity contribution >= 4 is 5.78 Å². The monoisotopic (exact) mass is 269 g/mol. The zero-order valence-electron chi connectivity index (χ0n) is 10.3. The quantitative estimate of drug-likeness (QED) is 0.781. The van der Waals surface area contributed by atoms with Crippen LogP contribution in [0.1, 0.15) is 30.0 Å². The van der Waals surface area contributed by atoms with Crippen molar-refractivity contribution < 1.29 is 18.0 Å². The molecule has 0 spiro atoms. The Kier molecular flexibility index (Phi) is 2.89. The number of fused-ring (bicyclic) bond motifs is 3. The molecule has 0 aliphatic carbocycles. The molecule has 102 valence electrons. The van der Waals surface area contributed by atoms with Crippen molar-refractivity contribution in [2.24, 2.45) is 5.92 Å². The van der Waals surface area contributed by atoms with Gasteiger partial charge in [-0.2, -0.15) is 13.2 Å². The molecule has 0 N–H and O–H groups in total. The lowest BCUT2D eigenvalue weighted by atomic mass is 9.79. The first-order valence-corrected chi connectivity index (χ1v) is 6.42. The maximum absolute atomic E-state index is 12.7. The van der Waals surface area contributed by atoms with Crippen molar-refractivity contribution in [2.45, 2.75) is 25.1 Å². The van der Waals surface area contributed by atoms with E-state index in [2.05, 4.69) is 0 Å². The number of carbonyl (C=O) groups excluding carboxylic acids is 1. The van der Waals surface area contributed by atoms with Gasteiger partial charge in [0.05, 0.1) is 11.6 Å². The average molecular weight is 269 g/mol. The van der Waals surface area contributed by atoms with Crippen molar-refractivity contribution in [1.29, 1.82) is 0 Å². The molecule has 0 saturated carbocycles. The van der Waals surface area contributed by atoms with Gasteiger partial charge in [-0.3, -0.25) is 9.69 Å². The molecule has 19 heavy (non-hydrogen) atoms. The molecule has 3 saturated heterocycles. The molecule has 3 aliphatic heterocycles. The van der Waals surface area contributed by atoms with Crippen LogP contribution in [0.3, 0.4) is 0 Å². The fourth-order valence-corrected chi connectivity index (χ4v) is 3.11. The summed E-state index contributed by atoms with van der Waals surface area (Å²) in [6.45, 7) is 1.61. The molecule has 1 aromatic rings. The number of carbonyl (C=O) groups is 1. The van der Waals surface area contributed by atoms with E-state index < -0.39 is 17.8 Å². The van der Waals surface area contributed by atoms with E-state index in [1.165, 1.54) is 6.07 Å². The van der Waals surface area contributed by atoms with Crippen LogP contribution in [0.25, 0.3) is 0 Å². The summed E-state index contributed by atoms with van der Waals surface area (Å²) in [4.78, 5) is 14.2. The van der Waals surface area contributed by atoms with Crippen LogP contribution in [0.15, 0.2) is 24.3 Å². The fourth-order valence-electron chi connectivity index (χ4n) is 3.11. The van der Waals surface area contributed by atoms with Crippen molar-refractivity contribution in [1.82, 2.24) is 4.90 Å². The van der Waals surface area contributed by atoms with Crippen LogP contribution in [-0.4, -0.2) is 23.8 Å². The molecule has 5 heteroatoms. The number of Topliss-reactive ketones (excluding diaryl/α,β-unsaturated/α-hetero) is 1. The molecule has 3 aliphatic rings. The summed E-state index contributed by atoms with van der Waals surface area (Å²) in [5.74, 6) is 0.112. The summed E-state index contributed by atoms with van der Waals surface area (Å²) < 4.78 is 38.2. The van der Waals surface area contributed by atoms with Crippen molar-refractivity contribution in [3.63, 3.8) is 0 Å². The number of nitrogens with zero attached hydrogens (tertiary/aromatic N) is 1. The number of piperidine rings is 3. The van der Waals surface area contributed by atoms with Gasteiger partial charge in [0.15, 0.2) is 5.78 Å². The molecule has 1 aromatic carbocycles. The average Bonchev–Trinajstić information content (AvgIpc) is 2.39. The molecular formula is C14H14F3NO. The first kappa shape index (κ1) is 12.7. The van der Waals surface area contributed by atoms with Crippen molar-refractivity contribution in [3.8, 4) is 0 Å². The highest BCUT2D eigenvalue weighted by Gasteiger charge is 2.42. The highest BCUT2D eigenvalue weighted by molar-refractivity contribution is 5.89. The first-order chi connectivity index (χ1) is 8.97. The van der Waals surface area contributed by atoms with Gasteiger partial charge in [-0.15, -0.1) is 0 Å². The van der Waals surface area contributed by atoms with E-state index in [1.54, 1.807) is 6.07 Å². The SMILES string of the molecule is O=C1C2CCN(CC2)C1c1cccc(C(F)(F)F)c1. The summed E-state index contributed by atoms with van der Waals surface area (Å²) in [6.07, 6.45) is -2.68. The highest BCUT2D eigenvalue weighted by atomic mass is 19.4. The second-order valence-corrected chi connectivity index (χ2v) is 5.24. The number of halogens is 3. The first-order valence-electron chi connectivity index (χ1n) is 6.42. The summed E-state index contributed by atoms with van der Waals surface area (Å²) in [7, 11) is 0. The lowest BCUT2D eigenvalue weighted by Crippen LogP contribution is -2.50. The molecule has 0 amide bonds. The lowest BCUT2D eigenvalue weighted by molar-refractivity contribution is -0.139. The van der Waals surface area contributed by atoms with E-state index in [4.69, 9.17) is 0 Å². The minimum Gasteiger partial charge on any atom is -0.297 e. The molecule has 4 rings (SSSR count). The van der Waals surface area contributed by atoms with E-state index in [0.717, 1.165) is 38.1 Å². The maximum atomic E-state index is 12.7. The van der Waals surface area contributed by atoms with Gasteiger partial charge in [-0.05, 0) is 43.6 Å². The van der Waals surface area contributed by atoms with Gasteiger partial charge in [0.1, 0.15) is 0 Å². The van der Waals surface area contributed by atoms with Gasteiger partial charge >= 0.3 is 6.18 Å². The lowest BCUT2D eigenvalue weighted by Gasteiger charge is -2.44. The van der Waals surface area contributed by atoms with Crippen LogP contribution in [0.2, 0.25) is 0 Å². The number of alkyl halides is 3. The Morgan fingerprint density at radius 1 is 1.16 bits per heavy atom. The van der Waals surface area contributed by atoms with Crippen LogP contribution >= 0.6 is 0 Å². The Bertz CT molecular complexity index is 504. The fraction of sp³-hybridized carbons (Fsp3) is 0.500. The third kappa shape index (κ3) is 2.16. The minimum atomic E-state index is -4.36. The second kappa shape index (κ2) is 4.34.